The van der Waals surface area contributed by atoms with Gasteiger partial charge < -0.3 is 53.0 Å². The summed E-state index contributed by atoms with van der Waals surface area (Å²) in [5.74, 6) is -6.50. The number of likely N-dealkylation sites (tertiary alicyclic amines) is 1. The number of nitrogens with one attached hydrogen (secondary N) is 6. The van der Waals surface area contributed by atoms with Crippen LogP contribution in [-0.2, 0) is 54.4 Å². The number of amides is 7. The van der Waals surface area contributed by atoms with Crippen LogP contribution in [0.2, 0.25) is 0 Å². The molecule has 1 aromatic carbocycles. The molecular formula is C50H80N12O11. The van der Waals surface area contributed by atoms with Crippen LogP contribution >= 0.6 is 0 Å². The Morgan fingerprint density at radius 3 is 2.07 bits per heavy atom. The van der Waals surface area contributed by atoms with Crippen molar-refractivity contribution in [3.8, 4) is 5.75 Å². The third kappa shape index (κ3) is 16.8. The number of hydrazine groups is 1. The van der Waals surface area contributed by atoms with Crippen molar-refractivity contribution in [2.45, 2.75) is 148 Å². The van der Waals surface area contributed by atoms with Gasteiger partial charge in [-0.05, 0) is 94.4 Å². The third-order valence-corrected chi connectivity index (χ3v) is 14.5. The molecule has 0 radical (unpaired) electrons. The van der Waals surface area contributed by atoms with E-state index < -0.39 is 102 Å². The van der Waals surface area contributed by atoms with E-state index in [9.17, 15) is 48.3 Å². The average Bonchev–Trinajstić information content (AvgIpc) is 3.97. The SMILES string of the molecule is CC[C@H](C)C(NC(=O)[C@H](Cc1ccc(O)cc1)NCC(=O)[C@H](C)NC)C(=O)N1CC2C(CC(=O)[C@H](C)NCC(=O)[C@@H]3CCCN3C(=O)[C@H](CC(C)C)NNCC(N)=O)C(CC(N)=O)CN2C(=O)C1CCC(N)=O. The minimum absolute atomic E-state index is 0.0210. The van der Waals surface area contributed by atoms with E-state index in [1.807, 2.05) is 20.8 Å². The van der Waals surface area contributed by atoms with Crippen molar-refractivity contribution in [2.75, 3.05) is 46.3 Å². The number of piperazine rings is 1. The summed E-state index contributed by atoms with van der Waals surface area (Å²) in [6.07, 6.45) is 1.21. The van der Waals surface area contributed by atoms with Crippen LogP contribution in [-0.4, -0.2) is 173 Å². The number of nitrogens with zero attached hydrogens (tertiary/aromatic N) is 3. The first-order chi connectivity index (χ1) is 34.5. The van der Waals surface area contributed by atoms with E-state index in [1.165, 1.54) is 26.8 Å². The van der Waals surface area contributed by atoms with E-state index in [-0.39, 0.29) is 99.8 Å². The number of primary amides is 3. The largest absolute Gasteiger partial charge is 0.508 e. The molecule has 1 aromatic rings. The monoisotopic (exact) mass is 1020 g/mol. The van der Waals surface area contributed by atoms with E-state index in [2.05, 4.69) is 32.1 Å². The first-order valence-electron chi connectivity index (χ1n) is 25.5. The number of benzene rings is 1. The Bertz CT molecular complexity index is 2140. The van der Waals surface area contributed by atoms with Crippen LogP contribution in [0.4, 0.5) is 0 Å². The molecule has 3 heterocycles. The minimum Gasteiger partial charge on any atom is -0.508 e. The Labute approximate surface area is 427 Å². The van der Waals surface area contributed by atoms with Gasteiger partial charge in [0.25, 0.3) is 0 Å². The molecule has 0 saturated carbocycles. The maximum Gasteiger partial charge on any atom is 0.246 e. The second kappa shape index (κ2) is 28.0. The molecule has 0 aliphatic carbocycles. The second-order valence-electron chi connectivity index (χ2n) is 20.4. The zero-order valence-electron chi connectivity index (χ0n) is 43.4. The molecule has 23 heteroatoms. The molecular weight excluding hydrogens is 945 g/mol. The first-order valence-corrected chi connectivity index (χ1v) is 25.5. The Balaban J connectivity index is 1.57. The Morgan fingerprint density at radius 1 is 0.781 bits per heavy atom. The number of fused-ring (bicyclic) bond motifs is 1. The van der Waals surface area contributed by atoms with Crippen molar-refractivity contribution in [3.63, 3.8) is 0 Å². The number of likely N-dealkylation sites (N-methyl/N-ethyl adjacent to an activating group) is 1. The molecule has 23 nitrogen and oxygen atoms in total. The summed E-state index contributed by atoms with van der Waals surface area (Å²) >= 11 is 0. The van der Waals surface area contributed by atoms with Crippen LogP contribution in [0.25, 0.3) is 0 Å². The fraction of sp³-hybridized carbons (Fsp3) is 0.680. The first kappa shape index (κ1) is 59.7. The highest BCUT2D eigenvalue weighted by atomic mass is 16.3. The van der Waals surface area contributed by atoms with Gasteiger partial charge in [0.1, 0.15) is 29.7 Å². The molecule has 0 aromatic heterocycles. The van der Waals surface area contributed by atoms with Crippen LogP contribution in [0.1, 0.15) is 98.5 Å². The molecule has 0 bridgehead atoms. The van der Waals surface area contributed by atoms with E-state index in [4.69, 9.17) is 17.2 Å². The van der Waals surface area contributed by atoms with Gasteiger partial charge in [0.15, 0.2) is 11.6 Å². The van der Waals surface area contributed by atoms with Gasteiger partial charge in [-0.2, -0.15) is 0 Å². The standard InChI is InChI=1S/C50H80N12O11/c1-8-28(4)46(58-47(70)35(56-22-41(65)29(5)54-7)19-31-11-13-33(63)14-12-31)50(73)62-26-39-34(32(20-44(52)68)25-61(39)49(72)38(62)15-16-43(51)67)21-40(64)30(6)55-23-42(66)37-10-9-17-60(37)48(71)36(18-27(2)3)59-57-24-45(53)69/h11-14,27-30,32,34-39,46,54-57,59,63H,8-10,15-26H2,1-7H3,(H2,51,67)(H2,52,68)(H2,53,69)(H,58,70)/t28-,29-,30-,32?,34?,35-,36-,37-,38?,39?,46?/m0/s1. The number of Topliss-reactive ketones (excluding diaryl/α,β-unsaturated/α-hetero) is 3. The Morgan fingerprint density at radius 2 is 1.47 bits per heavy atom. The number of ketones is 3. The Hall–Kier alpha value is -5.88. The van der Waals surface area contributed by atoms with Gasteiger partial charge in [0.05, 0.1) is 49.8 Å². The van der Waals surface area contributed by atoms with Crippen molar-refractivity contribution in [3.05, 3.63) is 29.8 Å². The number of carbonyl (C=O) groups excluding carboxylic acids is 10. The van der Waals surface area contributed by atoms with Crippen molar-refractivity contribution in [2.24, 2.45) is 40.9 Å². The third-order valence-electron chi connectivity index (χ3n) is 14.5. The second-order valence-corrected chi connectivity index (χ2v) is 20.4. The summed E-state index contributed by atoms with van der Waals surface area (Å²) < 4.78 is 0. The normalized spacial score (nSPS) is 22.2. The molecule has 11 atom stereocenters. The Kier molecular flexibility index (Phi) is 22.9. The quantitative estimate of drug-likeness (QED) is 0.0356. The maximum absolute atomic E-state index is 15.1. The minimum atomic E-state index is -1.20. The van der Waals surface area contributed by atoms with Crippen LogP contribution in [0.3, 0.4) is 0 Å². The highest BCUT2D eigenvalue weighted by Crippen LogP contribution is 2.40. The molecule has 3 aliphatic heterocycles. The lowest BCUT2D eigenvalue weighted by molar-refractivity contribution is -0.157. The summed E-state index contributed by atoms with van der Waals surface area (Å²) in [6, 6.07) is -0.871. The van der Waals surface area contributed by atoms with Crippen LogP contribution in [0.5, 0.6) is 5.75 Å². The van der Waals surface area contributed by atoms with Gasteiger partial charge >= 0.3 is 0 Å². The van der Waals surface area contributed by atoms with Gasteiger partial charge in [0.2, 0.25) is 41.4 Å². The van der Waals surface area contributed by atoms with E-state index in [0.717, 1.165) is 0 Å². The predicted molar refractivity (Wildman–Crippen MR) is 269 cm³/mol. The molecule has 0 spiro atoms. The van der Waals surface area contributed by atoms with Gasteiger partial charge in [-0.1, -0.05) is 46.2 Å². The number of aromatic hydroxyl groups is 1. The molecule has 13 N–H and O–H groups in total. The lowest BCUT2D eigenvalue weighted by Gasteiger charge is -2.46. The highest BCUT2D eigenvalue weighted by molar-refractivity contribution is 5.96. The van der Waals surface area contributed by atoms with Crippen LogP contribution in [0.15, 0.2) is 24.3 Å². The van der Waals surface area contributed by atoms with Gasteiger partial charge in [-0.15, -0.1) is 0 Å². The van der Waals surface area contributed by atoms with Crippen molar-refractivity contribution >= 4 is 58.7 Å². The summed E-state index contributed by atoms with van der Waals surface area (Å²) in [5, 5.41) is 21.8. The van der Waals surface area contributed by atoms with Crippen molar-refractivity contribution < 1.29 is 53.1 Å². The summed E-state index contributed by atoms with van der Waals surface area (Å²) in [6.45, 7) is 10.4. The average molecular weight is 1030 g/mol. The van der Waals surface area contributed by atoms with Crippen LogP contribution < -0.4 is 49.3 Å². The molecule has 406 valence electrons. The van der Waals surface area contributed by atoms with E-state index in [1.54, 1.807) is 40.0 Å². The maximum atomic E-state index is 15.1. The number of hydrogen-bond donors (Lipinski definition) is 10. The summed E-state index contributed by atoms with van der Waals surface area (Å²) in [7, 11) is 1.63. The smallest absolute Gasteiger partial charge is 0.246 e. The lowest BCUT2D eigenvalue weighted by Crippen LogP contribution is -2.66. The number of phenols is 1. The fourth-order valence-corrected chi connectivity index (χ4v) is 9.98. The van der Waals surface area contributed by atoms with Gasteiger partial charge in [0, 0.05) is 38.9 Å². The molecule has 4 rings (SSSR count). The van der Waals surface area contributed by atoms with E-state index >= 15 is 4.79 Å². The molecule has 5 unspecified atom stereocenters. The van der Waals surface area contributed by atoms with Crippen molar-refractivity contribution in [1.29, 1.82) is 0 Å². The molecule has 3 saturated heterocycles. The number of nitrogens with two attached hydrogens (primary N) is 3. The van der Waals surface area contributed by atoms with Crippen molar-refractivity contribution in [1.82, 2.24) is 46.8 Å². The lowest BCUT2D eigenvalue weighted by atomic mass is 9.82. The molecule has 7 amide bonds. The van der Waals surface area contributed by atoms with Crippen LogP contribution in [0, 0.1) is 23.7 Å². The summed E-state index contributed by atoms with van der Waals surface area (Å²) in [5.41, 5.74) is 22.8. The highest BCUT2D eigenvalue weighted by Gasteiger charge is 2.53. The fourth-order valence-electron chi connectivity index (χ4n) is 9.98. The molecule has 73 heavy (non-hydrogen) atoms. The number of rotatable bonds is 31. The summed E-state index contributed by atoms with van der Waals surface area (Å²) in [4.78, 5) is 139. The van der Waals surface area contributed by atoms with Gasteiger partial charge in [-0.25, -0.2) is 10.9 Å². The van der Waals surface area contributed by atoms with E-state index in [0.29, 0.717) is 37.8 Å². The van der Waals surface area contributed by atoms with Gasteiger partial charge in [-0.3, -0.25) is 53.3 Å². The zero-order chi connectivity index (χ0) is 54.3. The number of phenolic OH excluding ortho intramolecular Hbond substituents is 1. The zero-order valence-corrected chi connectivity index (χ0v) is 43.4. The topological polar surface area (TPSA) is 351 Å². The molecule has 3 fully saturated rings. The number of carbonyl (C=O) groups is 10. The molecule has 3 aliphatic rings. The predicted octanol–water partition coefficient (Wildman–Crippen LogP) is -2.11. The number of hydrogen-bond acceptors (Lipinski definition) is 16.